The van der Waals surface area contributed by atoms with Crippen LogP contribution in [0.1, 0.15) is 37.0 Å². The molecule has 2 heterocycles. The third kappa shape index (κ3) is 5.59. The molecule has 0 atom stereocenters. The molecular formula is C26H34N4O5S2. The van der Waals surface area contributed by atoms with E-state index in [1.54, 1.807) is 37.3 Å². The van der Waals surface area contributed by atoms with Gasteiger partial charge in [-0.2, -0.15) is 4.31 Å². The van der Waals surface area contributed by atoms with Crippen LogP contribution in [0.4, 0.5) is 5.13 Å². The third-order valence-electron chi connectivity index (χ3n) is 6.71. The molecule has 0 N–H and O–H groups in total. The van der Waals surface area contributed by atoms with E-state index in [-0.39, 0.29) is 10.8 Å². The summed E-state index contributed by atoms with van der Waals surface area (Å²) in [5.41, 5.74) is 1.03. The fourth-order valence-electron chi connectivity index (χ4n) is 4.46. The molecule has 0 spiro atoms. The Balaban J connectivity index is 1.69. The molecule has 4 rings (SSSR count). The number of benzene rings is 2. The molecule has 1 aromatic heterocycles. The van der Waals surface area contributed by atoms with E-state index in [9.17, 15) is 13.2 Å². The van der Waals surface area contributed by atoms with Crippen molar-refractivity contribution >= 4 is 42.6 Å². The highest BCUT2D eigenvalue weighted by Gasteiger charge is 2.28. The largest absolute Gasteiger partial charge is 0.495 e. The van der Waals surface area contributed by atoms with Crippen LogP contribution in [0.5, 0.6) is 11.5 Å². The van der Waals surface area contributed by atoms with Gasteiger partial charge in [-0.3, -0.25) is 9.69 Å². The van der Waals surface area contributed by atoms with Crippen molar-refractivity contribution in [2.24, 2.45) is 0 Å². The van der Waals surface area contributed by atoms with Crippen molar-refractivity contribution in [2.75, 3.05) is 58.4 Å². The van der Waals surface area contributed by atoms with Crippen LogP contribution in [-0.2, 0) is 10.0 Å². The molecule has 0 radical (unpaired) electrons. The Morgan fingerprint density at radius 1 is 0.973 bits per heavy atom. The van der Waals surface area contributed by atoms with Crippen molar-refractivity contribution in [3.63, 3.8) is 0 Å². The van der Waals surface area contributed by atoms with Gasteiger partial charge in [-0.15, -0.1) is 0 Å². The van der Waals surface area contributed by atoms with Gasteiger partial charge in [0.15, 0.2) is 5.13 Å². The van der Waals surface area contributed by atoms with Gasteiger partial charge in [-0.05, 0) is 62.3 Å². The standard InChI is InChI=1S/C26H34N4O5S2/c1-5-28(6-2)17-18-30(26-27-23-21(34-3)13-14-22(35-4)24(23)36-26)25(31)19-9-11-20(12-10-19)37(32,33)29-15-7-8-16-29/h9-14H,5-8,15-18H2,1-4H3. The van der Waals surface area contributed by atoms with E-state index in [4.69, 9.17) is 14.5 Å². The van der Waals surface area contributed by atoms with Crippen molar-refractivity contribution in [1.29, 1.82) is 0 Å². The Bertz CT molecular complexity index is 1290. The summed E-state index contributed by atoms with van der Waals surface area (Å²) in [7, 11) is -0.367. The molecule has 0 unspecified atom stereocenters. The average Bonchev–Trinajstić information content (AvgIpc) is 3.62. The van der Waals surface area contributed by atoms with Gasteiger partial charge in [0.05, 0.1) is 19.1 Å². The molecule has 2 aromatic carbocycles. The van der Waals surface area contributed by atoms with E-state index in [2.05, 4.69) is 18.7 Å². The van der Waals surface area contributed by atoms with E-state index < -0.39 is 10.0 Å². The molecule has 0 saturated carbocycles. The Labute approximate surface area is 222 Å². The van der Waals surface area contributed by atoms with E-state index in [0.717, 1.165) is 30.6 Å². The van der Waals surface area contributed by atoms with Gasteiger partial charge in [0.25, 0.3) is 5.91 Å². The summed E-state index contributed by atoms with van der Waals surface area (Å²) in [6.07, 6.45) is 1.74. The Kier molecular flexibility index (Phi) is 8.68. The highest BCUT2D eigenvalue weighted by molar-refractivity contribution is 7.89. The van der Waals surface area contributed by atoms with Crippen LogP contribution in [-0.4, -0.2) is 82.0 Å². The number of ether oxygens (including phenoxy) is 2. The number of sulfonamides is 1. The molecule has 1 fully saturated rings. The fourth-order valence-corrected chi connectivity index (χ4v) is 7.07. The Hall–Kier alpha value is -2.73. The van der Waals surface area contributed by atoms with Crippen molar-refractivity contribution in [2.45, 2.75) is 31.6 Å². The number of hydrogen-bond acceptors (Lipinski definition) is 8. The van der Waals surface area contributed by atoms with Gasteiger partial charge in [0.1, 0.15) is 21.7 Å². The number of amides is 1. The molecular weight excluding hydrogens is 512 g/mol. The SMILES string of the molecule is CCN(CC)CCN(C(=O)c1ccc(S(=O)(=O)N2CCCC2)cc1)c1nc2c(OC)ccc(OC)c2s1. The lowest BCUT2D eigenvalue weighted by atomic mass is 10.2. The topological polar surface area (TPSA) is 92.3 Å². The molecule has 1 saturated heterocycles. The van der Waals surface area contributed by atoms with Gasteiger partial charge >= 0.3 is 0 Å². The zero-order valence-electron chi connectivity index (χ0n) is 21.8. The van der Waals surface area contributed by atoms with Crippen LogP contribution in [0.3, 0.4) is 0 Å². The van der Waals surface area contributed by atoms with Crippen LogP contribution < -0.4 is 14.4 Å². The summed E-state index contributed by atoms with van der Waals surface area (Å²) < 4.78 is 39.2. The molecule has 1 amide bonds. The zero-order valence-corrected chi connectivity index (χ0v) is 23.4. The van der Waals surface area contributed by atoms with E-state index >= 15 is 0 Å². The lowest BCUT2D eigenvalue weighted by Gasteiger charge is -2.25. The van der Waals surface area contributed by atoms with Gasteiger partial charge in [0, 0.05) is 31.7 Å². The van der Waals surface area contributed by atoms with Gasteiger partial charge in [-0.25, -0.2) is 13.4 Å². The Morgan fingerprint density at radius 2 is 1.59 bits per heavy atom. The minimum atomic E-state index is -3.55. The van der Waals surface area contributed by atoms with Crippen molar-refractivity contribution < 1.29 is 22.7 Å². The summed E-state index contributed by atoms with van der Waals surface area (Å²) in [5, 5.41) is 0.531. The first-order valence-corrected chi connectivity index (χ1v) is 14.8. The minimum Gasteiger partial charge on any atom is -0.495 e. The Morgan fingerprint density at radius 3 is 2.19 bits per heavy atom. The normalized spacial score (nSPS) is 14.4. The summed E-state index contributed by atoms with van der Waals surface area (Å²) >= 11 is 1.37. The molecule has 200 valence electrons. The first kappa shape index (κ1) is 27.3. The number of carbonyl (C=O) groups excluding carboxylic acids is 1. The highest BCUT2D eigenvalue weighted by atomic mass is 32.2. The first-order valence-electron chi connectivity index (χ1n) is 12.5. The predicted molar refractivity (Wildman–Crippen MR) is 147 cm³/mol. The maximum Gasteiger partial charge on any atom is 0.260 e. The first-order chi connectivity index (χ1) is 17.8. The lowest BCUT2D eigenvalue weighted by Crippen LogP contribution is -2.38. The fraction of sp³-hybridized carbons (Fsp3) is 0.462. The number of carbonyl (C=O) groups is 1. The number of hydrogen-bond donors (Lipinski definition) is 0. The second kappa shape index (κ2) is 11.8. The molecule has 0 bridgehead atoms. The minimum absolute atomic E-state index is 0.204. The molecule has 1 aliphatic heterocycles. The molecule has 11 heteroatoms. The van der Waals surface area contributed by atoms with E-state index in [0.29, 0.717) is 53.9 Å². The van der Waals surface area contributed by atoms with E-state index in [1.807, 2.05) is 6.07 Å². The number of anilines is 1. The number of thiazole rings is 1. The number of nitrogens with zero attached hydrogens (tertiary/aromatic N) is 4. The third-order valence-corrected chi connectivity index (χ3v) is 9.72. The zero-order chi connectivity index (χ0) is 26.6. The smallest absolute Gasteiger partial charge is 0.260 e. The average molecular weight is 547 g/mol. The van der Waals surface area contributed by atoms with Crippen molar-refractivity contribution in [3.8, 4) is 11.5 Å². The molecule has 0 aliphatic carbocycles. The van der Waals surface area contributed by atoms with Crippen LogP contribution in [0.2, 0.25) is 0 Å². The van der Waals surface area contributed by atoms with Crippen molar-refractivity contribution in [3.05, 3.63) is 42.0 Å². The number of fused-ring (bicyclic) bond motifs is 1. The molecule has 3 aromatic rings. The number of methoxy groups -OCH3 is 2. The number of likely N-dealkylation sites (N-methyl/N-ethyl adjacent to an activating group) is 1. The van der Waals surface area contributed by atoms with Gasteiger partial charge in [0.2, 0.25) is 10.0 Å². The molecule has 9 nitrogen and oxygen atoms in total. The maximum atomic E-state index is 13.8. The van der Waals surface area contributed by atoms with Crippen LogP contribution >= 0.6 is 11.3 Å². The van der Waals surface area contributed by atoms with Gasteiger partial charge in [-0.1, -0.05) is 25.2 Å². The van der Waals surface area contributed by atoms with Crippen LogP contribution in [0, 0.1) is 0 Å². The van der Waals surface area contributed by atoms with Crippen molar-refractivity contribution in [1.82, 2.24) is 14.2 Å². The van der Waals surface area contributed by atoms with Crippen LogP contribution in [0.25, 0.3) is 10.2 Å². The monoisotopic (exact) mass is 546 g/mol. The highest BCUT2D eigenvalue weighted by Crippen LogP contribution is 2.40. The number of aromatic nitrogens is 1. The van der Waals surface area contributed by atoms with Gasteiger partial charge < -0.3 is 14.4 Å². The predicted octanol–water partition coefficient (Wildman–Crippen LogP) is 4.09. The second-order valence-electron chi connectivity index (χ2n) is 8.76. The molecule has 1 aliphatic rings. The summed E-state index contributed by atoms with van der Waals surface area (Å²) in [6.45, 7) is 8.07. The second-order valence-corrected chi connectivity index (χ2v) is 11.7. The van der Waals surface area contributed by atoms with E-state index in [1.165, 1.54) is 27.8 Å². The summed E-state index contributed by atoms with van der Waals surface area (Å²) in [5.74, 6) is 1.02. The summed E-state index contributed by atoms with van der Waals surface area (Å²) in [4.78, 5) is 22.7. The quantitative estimate of drug-likeness (QED) is 0.358. The number of rotatable bonds is 11. The lowest BCUT2D eigenvalue weighted by molar-refractivity contribution is 0.0983. The maximum absolute atomic E-state index is 13.8. The van der Waals surface area contributed by atoms with Crippen LogP contribution in [0.15, 0.2) is 41.3 Å². The summed E-state index contributed by atoms with van der Waals surface area (Å²) in [6, 6.07) is 9.84. The molecule has 37 heavy (non-hydrogen) atoms.